The van der Waals surface area contributed by atoms with Gasteiger partial charge in [0.2, 0.25) is 11.8 Å². The third-order valence-corrected chi connectivity index (χ3v) is 4.38. The molecule has 1 aromatic carbocycles. The summed E-state index contributed by atoms with van der Waals surface area (Å²) in [5.74, 6) is -2.63. The van der Waals surface area contributed by atoms with E-state index in [1.54, 1.807) is 23.3 Å². The monoisotopic (exact) mass is 426 g/mol. The number of carboxylic acid groups (broad SMARTS) is 1. The summed E-state index contributed by atoms with van der Waals surface area (Å²) in [5, 5.41) is 10.0. The number of carboxylic acids is 1. The van der Waals surface area contributed by atoms with E-state index < -0.39 is 12.1 Å². The molecule has 0 bridgehead atoms. The van der Waals surface area contributed by atoms with Gasteiger partial charge in [0.25, 0.3) is 0 Å². The van der Waals surface area contributed by atoms with Crippen LogP contribution >= 0.6 is 0 Å². The molecule has 0 saturated carbocycles. The van der Waals surface area contributed by atoms with Gasteiger partial charge in [-0.15, -0.1) is 0 Å². The van der Waals surface area contributed by atoms with Crippen molar-refractivity contribution in [2.24, 2.45) is 0 Å². The molecule has 2 aromatic rings. The Bertz CT molecular complexity index is 867. The summed E-state index contributed by atoms with van der Waals surface area (Å²) >= 11 is 0. The molecule has 1 fully saturated rings. The quantitative estimate of drug-likeness (QED) is 0.765. The summed E-state index contributed by atoms with van der Waals surface area (Å²) in [4.78, 5) is 38.5. The molecule has 1 saturated heterocycles. The van der Waals surface area contributed by atoms with Crippen molar-refractivity contribution in [1.29, 1.82) is 0 Å². The highest BCUT2D eigenvalue weighted by atomic mass is 19.4. The topological polar surface area (TPSA) is 105 Å². The number of aliphatic carboxylic acids is 1. The molecule has 0 radical (unpaired) electrons. The van der Waals surface area contributed by atoms with Crippen molar-refractivity contribution >= 4 is 23.5 Å². The van der Waals surface area contributed by atoms with Crippen LogP contribution in [0.4, 0.5) is 18.9 Å². The lowest BCUT2D eigenvalue weighted by atomic mass is 10.2. The first-order valence-electron chi connectivity index (χ1n) is 9.04. The first-order valence-corrected chi connectivity index (χ1v) is 9.04. The highest BCUT2D eigenvalue weighted by Crippen LogP contribution is 2.21. The number of nitrogens with one attached hydrogen (secondary N) is 1. The summed E-state index contributed by atoms with van der Waals surface area (Å²) in [6.45, 7) is 3.09. The average Bonchev–Trinajstić information content (AvgIpc) is 3.37. The number of carbonyl (C=O) groups is 3. The highest BCUT2D eigenvalue weighted by Gasteiger charge is 2.38. The average molecular weight is 426 g/mol. The van der Waals surface area contributed by atoms with E-state index >= 15 is 0 Å². The van der Waals surface area contributed by atoms with Crippen LogP contribution in [0.15, 0.2) is 43.0 Å². The number of rotatable bonds is 5. The highest BCUT2D eigenvalue weighted by molar-refractivity contribution is 5.95. The summed E-state index contributed by atoms with van der Waals surface area (Å²) in [6, 6.07) is 7.47. The van der Waals surface area contributed by atoms with Gasteiger partial charge in [0.05, 0.1) is 6.33 Å². The molecule has 1 aliphatic rings. The standard InChI is InChI=1S/C17H20N4O2.C2HF3O2/c1-13(20-10-8-18-12-20)17(23)19-11-14-4-6-15(7-5-14)21-9-2-3-16(21)22;3-2(4,5)1(6)7/h4-8,10,12-13H,2-3,9,11H2,1H3,(H,19,23);(H,6,7). The van der Waals surface area contributed by atoms with Gasteiger partial charge in [0.1, 0.15) is 6.04 Å². The van der Waals surface area contributed by atoms with Crippen LogP contribution in [-0.2, 0) is 20.9 Å². The first-order chi connectivity index (χ1) is 14.1. The molecule has 3 rings (SSSR count). The number of halogens is 3. The number of imidazole rings is 1. The zero-order valence-corrected chi connectivity index (χ0v) is 16.1. The van der Waals surface area contributed by atoms with Gasteiger partial charge in [-0.25, -0.2) is 9.78 Å². The van der Waals surface area contributed by atoms with Gasteiger partial charge in [-0.2, -0.15) is 13.2 Å². The second-order valence-corrected chi connectivity index (χ2v) is 6.52. The molecule has 0 aliphatic carbocycles. The molecule has 2 N–H and O–H groups in total. The lowest BCUT2D eigenvalue weighted by Gasteiger charge is -2.16. The number of hydrogen-bond donors (Lipinski definition) is 2. The Morgan fingerprint density at radius 3 is 2.37 bits per heavy atom. The fourth-order valence-electron chi connectivity index (χ4n) is 2.69. The summed E-state index contributed by atoms with van der Waals surface area (Å²) in [5.41, 5.74) is 1.93. The van der Waals surface area contributed by atoms with Crippen LogP contribution in [0.5, 0.6) is 0 Å². The lowest BCUT2D eigenvalue weighted by Crippen LogP contribution is -2.30. The molecule has 30 heavy (non-hydrogen) atoms. The van der Waals surface area contributed by atoms with E-state index in [0.29, 0.717) is 13.0 Å². The third kappa shape index (κ3) is 6.33. The van der Waals surface area contributed by atoms with Gasteiger partial charge in [-0.1, -0.05) is 12.1 Å². The zero-order valence-electron chi connectivity index (χ0n) is 16.1. The molecular formula is C19H21F3N4O4. The van der Waals surface area contributed by atoms with Crippen molar-refractivity contribution < 1.29 is 32.7 Å². The van der Waals surface area contributed by atoms with E-state index in [9.17, 15) is 22.8 Å². The van der Waals surface area contributed by atoms with Crippen molar-refractivity contribution in [3.8, 4) is 0 Å². The smallest absolute Gasteiger partial charge is 0.475 e. The number of nitrogens with zero attached hydrogens (tertiary/aromatic N) is 3. The van der Waals surface area contributed by atoms with E-state index in [1.165, 1.54) is 0 Å². The largest absolute Gasteiger partial charge is 0.490 e. The summed E-state index contributed by atoms with van der Waals surface area (Å²) in [7, 11) is 0. The molecule has 0 spiro atoms. The Balaban J connectivity index is 0.000000396. The van der Waals surface area contributed by atoms with E-state index in [1.807, 2.05) is 36.1 Å². The fraction of sp³-hybridized carbons (Fsp3) is 0.368. The zero-order chi connectivity index (χ0) is 22.3. The molecule has 2 amide bonds. The molecule has 1 aromatic heterocycles. The maximum Gasteiger partial charge on any atom is 0.490 e. The van der Waals surface area contributed by atoms with Crippen molar-refractivity contribution in [3.05, 3.63) is 48.5 Å². The predicted octanol–water partition coefficient (Wildman–Crippen LogP) is 2.52. The van der Waals surface area contributed by atoms with Crippen LogP contribution in [-0.4, -0.2) is 45.2 Å². The molecule has 2 heterocycles. The SMILES string of the molecule is CC(C(=O)NCc1ccc(N2CCCC2=O)cc1)n1ccnc1.O=C(O)C(F)(F)F. The van der Waals surface area contributed by atoms with Gasteiger partial charge >= 0.3 is 12.1 Å². The van der Waals surface area contributed by atoms with Crippen molar-refractivity contribution in [2.75, 3.05) is 11.4 Å². The molecule has 8 nitrogen and oxygen atoms in total. The molecule has 162 valence electrons. The Hall–Kier alpha value is -3.37. The number of benzene rings is 1. The van der Waals surface area contributed by atoms with E-state index in [4.69, 9.17) is 9.90 Å². The minimum atomic E-state index is -5.08. The minimum Gasteiger partial charge on any atom is -0.475 e. The minimum absolute atomic E-state index is 0.0539. The van der Waals surface area contributed by atoms with Gasteiger partial charge in [0, 0.05) is 37.6 Å². The van der Waals surface area contributed by atoms with Crippen LogP contribution in [0, 0.1) is 0 Å². The van der Waals surface area contributed by atoms with Gasteiger partial charge < -0.3 is 19.9 Å². The van der Waals surface area contributed by atoms with Gasteiger partial charge in [-0.3, -0.25) is 9.59 Å². The van der Waals surface area contributed by atoms with Crippen molar-refractivity contribution in [3.63, 3.8) is 0 Å². The number of carbonyl (C=O) groups excluding carboxylic acids is 2. The molecule has 1 atom stereocenters. The first kappa shape index (κ1) is 22.9. The maximum absolute atomic E-state index is 12.1. The Morgan fingerprint density at radius 2 is 1.90 bits per heavy atom. The second kappa shape index (κ2) is 9.90. The van der Waals surface area contributed by atoms with Crippen LogP contribution in [0.3, 0.4) is 0 Å². The summed E-state index contributed by atoms with van der Waals surface area (Å²) < 4.78 is 33.5. The van der Waals surface area contributed by atoms with Crippen LogP contribution in [0.25, 0.3) is 0 Å². The predicted molar refractivity (Wildman–Crippen MR) is 101 cm³/mol. The second-order valence-electron chi connectivity index (χ2n) is 6.52. The van der Waals surface area contributed by atoms with Crippen LogP contribution < -0.4 is 10.2 Å². The molecule has 1 aliphatic heterocycles. The van der Waals surface area contributed by atoms with Crippen LogP contribution in [0.2, 0.25) is 0 Å². The summed E-state index contributed by atoms with van der Waals surface area (Å²) in [6.07, 6.45) is 1.52. The van der Waals surface area contributed by atoms with Gasteiger partial charge in [0.15, 0.2) is 0 Å². The Kier molecular flexibility index (Phi) is 7.56. The molecule has 1 unspecified atom stereocenters. The fourth-order valence-corrected chi connectivity index (χ4v) is 2.69. The normalized spacial score (nSPS) is 14.7. The number of alkyl halides is 3. The van der Waals surface area contributed by atoms with Crippen molar-refractivity contribution in [1.82, 2.24) is 14.9 Å². The maximum atomic E-state index is 12.1. The lowest BCUT2D eigenvalue weighted by molar-refractivity contribution is -0.192. The third-order valence-electron chi connectivity index (χ3n) is 4.38. The molecule has 11 heteroatoms. The number of hydrogen-bond acceptors (Lipinski definition) is 4. The Labute approximate surface area is 170 Å². The van der Waals surface area contributed by atoms with E-state index in [0.717, 1.165) is 24.2 Å². The van der Waals surface area contributed by atoms with Gasteiger partial charge in [-0.05, 0) is 31.0 Å². The van der Waals surface area contributed by atoms with E-state index in [-0.39, 0.29) is 17.9 Å². The number of amides is 2. The van der Waals surface area contributed by atoms with Crippen molar-refractivity contribution in [2.45, 2.75) is 38.5 Å². The van der Waals surface area contributed by atoms with E-state index in [2.05, 4.69) is 10.3 Å². The Morgan fingerprint density at radius 1 is 1.27 bits per heavy atom. The number of aromatic nitrogens is 2. The molecular weight excluding hydrogens is 405 g/mol. The van der Waals surface area contributed by atoms with Crippen LogP contribution in [0.1, 0.15) is 31.4 Å². The number of anilines is 1.